The number of benzene rings is 1. The third kappa shape index (κ3) is 2.61. The van der Waals surface area contributed by atoms with Gasteiger partial charge < -0.3 is 14.8 Å². The highest BCUT2D eigenvalue weighted by Gasteiger charge is 2.21. The van der Waals surface area contributed by atoms with Gasteiger partial charge in [-0.3, -0.25) is 4.79 Å². The highest BCUT2D eigenvalue weighted by Crippen LogP contribution is 2.26. The summed E-state index contributed by atoms with van der Waals surface area (Å²) in [5.74, 6) is -1.25. The lowest BCUT2D eigenvalue weighted by Gasteiger charge is -2.07. The Labute approximate surface area is 129 Å². The first-order chi connectivity index (χ1) is 11.1. The zero-order valence-corrected chi connectivity index (χ0v) is 11.6. The molecule has 23 heavy (non-hydrogen) atoms. The molecule has 0 aliphatic heterocycles. The Kier molecular flexibility index (Phi) is 3.49. The summed E-state index contributed by atoms with van der Waals surface area (Å²) in [6.45, 7) is 0. The molecule has 2 aromatic heterocycles. The van der Waals surface area contributed by atoms with Crippen molar-refractivity contribution in [2.45, 2.75) is 0 Å². The lowest BCUT2D eigenvalue weighted by atomic mass is 10.1. The van der Waals surface area contributed by atoms with E-state index in [0.29, 0.717) is 0 Å². The largest absolute Gasteiger partial charge is 0.506 e. The second kappa shape index (κ2) is 5.61. The maximum absolute atomic E-state index is 12.2. The fraction of sp³-hybridized carbons (Fsp3) is 0. The number of nitriles is 1. The first kappa shape index (κ1) is 14.3. The minimum Gasteiger partial charge on any atom is -0.506 e. The molecule has 0 aliphatic rings. The molecule has 0 spiro atoms. The number of hydrogen-bond acceptors (Lipinski definition) is 6. The van der Waals surface area contributed by atoms with Crippen LogP contribution in [0.1, 0.15) is 16.1 Å². The van der Waals surface area contributed by atoms with Gasteiger partial charge in [-0.25, -0.2) is 9.78 Å². The van der Waals surface area contributed by atoms with Gasteiger partial charge in [0.25, 0.3) is 5.91 Å². The quantitative estimate of drug-likeness (QED) is 0.700. The van der Waals surface area contributed by atoms with Crippen molar-refractivity contribution in [1.82, 2.24) is 4.98 Å². The average Bonchev–Trinajstić information content (AvgIpc) is 2.55. The Morgan fingerprint density at radius 3 is 2.78 bits per heavy atom. The van der Waals surface area contributed by atoms with Gasteiger partial charge >= 0.3 is 5.63 Å². The maximum Gasteiger partial charge on any atom is 0.353 e. The van der Waals surface area contributed by atoms with E-state index in [1.807, 2.05) is 6.07 Å². The predicted molar refractivity (Wildman–Crippen MR) is 81.1 cm³/mol. The number of nitrogens with one attached hydrogen (secondary N) is 1. The summed E-state index contributed by atoms with van der Waals surface area (Å²) >= 11 is 0. The number of hydrogen-bond donors (Lipinski definition) is 2. The second-order valence-electron chi connectivity index (χ2n) is 4.58. The summed E-state index contributed by atoms with van der Waals surface area (Å²) in [6, 6.07) is 12.6. The molecule has 7 nitrogen and oxygen atoms in total. The molecule has 2 heterocycles. The van der Waals surface area contributed by atoms with Crippen molar-refractivity contribution in [2.75, 3.05) is 5.32 Å². The van der Waals surface area contributed by atoms with Crippen LogP contribution in [0.15, 0.2) is 51.7 Å². The standard InChI is InChI=1S/C16H9N3O4/c17-8-9-4-3-7-12(18-9)19-15(21)13-14(20)10-5-1-2-6-11(10)23-16(13)22/h1-7,20H,(H,18,19,21). The minimum atomic E-state index is -0.963. The zero-order valence-electron chi connectivity index (χ0n) is 11.6. The van der Waals surface area contributed by atoms with Crippen LogP contribution < -0.4 is 10.9 Å². The van der Waals surface area contributed by atoms with Crippen LogP contribution in [0.2, 0.25) is 0 Å². The molecule has 7 heteroatoms. The van der Waals surface area contributed by atoms with Crippen molar-refractivity contribution >= 4 is 22.7 Å². The van der Waals surface area contributed by atoms with Crippen molar-refractivity contribution in [3.05, 3.63) is 64.1 Å². The minimum absolute atomic E-state index is 0.0843. The van der Waals surface area contributed by atoms with Crippen LogP contribution in [0.5, 0.6) is 5.75 Å². The number of nitrogens with zero attached hydrogens (tertiary/aromatic N) is 2. The van der Waals surface area contributed by atoms with Gasteiger partial charge in [0.1, 0.15) is 28.9 Å². The van der Waals surface area contributed by atoms with E-state index < -0.39 is 22.8 Å². The summed E-state index contributed by atoms with van der Waals surface area (Å²) in [6.07, 6.45) is 0. The summed E-state index contributed by atoms with van der Waals surface area (Å²) in [4.78, 5) is 28.1. The molecule has 0 radical (unpaired) electrons. The third-order valence-corrected chi connectivity index (χ3v) is 3.12. The Morgan fingerprint density at radius 1 is 1.22 bits per heavy atom. The maximum atomic E-state index is 12.2. The molecular weight excluding hydrogens is 298 g/mol. The molecule has 0 bridgehead atoms. The normalized spacial score (nSPS) is 10.2. The highest BCUT2D eigenvalue weighted by atomic mass is 16.4. The number of anilines is 1. The van der Waals surface area contributed by atoms with E-state index in [-0.39, 0.29) is 22.5 Å². The van der Waals surface area contributed by atoms with Crippen LogP contribution in [0.4, 0.5) is 5.82 Å². The first-order valence-corrected chi connectivity index (χ1v) is 6.53. The van der Waals surface area contributed by atoms with Crippen LogP contribution in [-0.2, 0) is 0 Å². The predicted octanol–water partition coefficient (Wildman–Crippen LogP) is 2.02. The molecule has 0 saturated heterocycles. The molecule has 112 valence electrons. The third-order valence-electron chi connectivity index (χ3n) is 3.12. The molecule has 2 N–H and O–H groups in total. The average molecular weight is 307 g/mol. The molecule has 0 atom stereocenters. The molecule has 0 unspecified atom stereocenters. The number of amides is 1. The Hall–Kier alpha value is -3.66. The number of carbonyl (C=O) groups is 1. The van der Waals surface area contributed by atoms with Gasteiger partial charge in [0.15, 0.2) is 5.56 Å². The van der Waals surface area contributed by atoms with Crippen molar-refractivity contribution in [3.8, 4) is 11.8 Å². The molecule has 0 saturated carbocycles. The molecule has 1 amide bonds. The smallest absolute Gasteiger partial charge is 0.353 e. The monoisotopic (exact) mass is 307 g/mol. The molecule has 3 rings (SSSR count). The molecule has 0 aliphatic carbocycles. The molecule has 0 fully saturated rings. The van der Waals surface area contributed by atoms with Crippen LogP contribution in [0.25, 0.3) is 11.0 Å². The van der Waals surface area contributed by atoms with E-state index in [1.165, 1.54) is 30.3 Å². The van der Waals surface area contributed by atoms with E-state index >= 15 is 0 Å². The Bertz CT molecular complexity index is 1020. The van der Waals surface area contributed by atoms with Crippen molar-refractivity contribution in [2.24, 2.45) is 0 Å². The van der Waals surface area contributed by atoms with E-state index in [4.69, 9.17) is 9.68 Å². The van der Waals surface area contributed by atoms with Crippen molar-refractivity contribution < 1.29 is 14.3 Å². The van der Waals surface area contributed by atoms with Gasteiger partial charge in [0.05, 0.1) is 5.39 Å². The fourth-order valence-electron chi connectivity index (χ4n) is 2.08. The van der Waals surface area contributed by atoms with Gasteiger partial charge in [-0.05, 0) is 24.3 Å². The van der Waals surface area contributed by atoms with E-state index in [0.717, 1.165) is 0 Å². The summed E-state index contributed by atoms with van der Waals surface area (Å²) < 4.78 is 5.03. The lowest BCUT2D eigenvalue weighted by molar-refractivity contribution is 0.102. The van der Waals surface area contributed by atoms with Crippen molar-refractivity contribution in [1.29, 1.82) is 5.26 Å². The number of carbonyl (C=O) groups excluding carboxylic acids is 1. The Balaban J connectivity index is 2.04. The zero-order chi connectivity index (χ0) is 16.4. The number of aromatic hydroxyl groups is 1. The number of aromatic nitrogens is 1. The van der Waals surface area contributed by atoms with Gasteiger partial charge in [0.2, 0.25) is 0 Å². The molecular formula is C16H9N3O4. The van der Waals surface area contributed by atoms with Gasteiger partial charge in [0, 0.05) is 0 Å². The van der Waals surface area contributed by atoms with Gasteiger partial charge in [-0.15, -0.1) is 0 Å². The van der Waals surface area contributed by atoms with E-state index in [1.54, 1.807) is 12.1 Å². The van der Waals surface area contributed by atoms with E-state index in [9.17, 15) is 14.7 Å². The summed E-state index contributed by atoms with van der Waals surface area (Å²) in [5, 5.41) is 21.6. The van der Waals surface area contributed by atoms with Crippen molar-refractivity contribution in [3.63, 3.8) is 0 Å². The van der Waals surface area contributed by atoms with Gasteiger partial charge in [-0.2, -0.15) is 5.26 Å². The first-order valence-electron chi connectivity index (χ1n) is 6.53. The number of para-hydroxylation sites is 1. The highest BCUT2D eigenvalue weighted by molar-refractivity contribution is 6.08. The topological polar surface area (TPSA) is 116 Å². The number of rotatable bonds is 2. The summed E-state index contributed by atoms with van der Waals surface area (Å²) in [7, 11) is 0. The van der Waals surface area contributed by atoms with Crippen LogP contribution in [0.3, 0.4) is 0 Å². The van der Waals surface area contributed by atoms with Crippen LogP contribution >= 0.6 is 0 Å². The van der Waals surface area contributed by atoms with Gasteiger partial charge in [-0.1, -0.05) is 18.2 Å². The lowest BCUT2D eigenvalue weighted by Crippen LogP contribution is -2.21. The molecule has 1 aromatic carbocycles. The van der Waals surface area contributed by atoms with E-state index in [2.05, 4.69) is 10.3 Å². The van der Waals surface area contributed by atoms with Crippen LogP contribution in [-0.4, -0.2) is 16.0 Å². The Morgan fingerprint density at radius 2 is 2.00 bits per heavy atom. The fourth-order valence-corrected chi connectivity index (χ4v) is 2.08. The van der Waals surface area contributed by atoms with Crippen LogP contribution in [0, 0.1) is 11.3 Å². The number of fused-ring (bicyclic) bond motifs is 1. The SMILES string of the molecule is N#Cc1cccc(NC(=O)c2c(O)c3ccccc3oc2=O)n1. The molecule has 3 aromatic rings. The summed E-state index contributed by atoms with van der Waals surface area (Å²) in [5.41, 5.74) is -1.20. The second-order valence-corrected chi connectivity index (χ2v) is 4.58. The number of pyridine rings is 1.